The van der Waals surface area contributed by atoms with Crippen LogP contribution in [0.15, 0.2) is 58.4 Å². The van der Waals surface area contributed by atoms with Crippen molar-refractivity contribution >= 4 is 11.4 Å². The van der Waals surface area contributed by atoms with Gasteiger partial charge in [0.05, 0.1) is 5.69 Å². The van der Waals surface area contributed by atoms with Crippen molar-refractivity contribution in [1.29, 1.82) is 0 Å². The number of nitrogens with zero attached hydrogens (tertiary/aromatic N) is 3. The summed E-state index contributed by atoms with van der Waals surface area (Å²) in [5, 5.41) is 4.39. The van der Waals surface area contributed by atoms with E-state index in [0.717, 1.165) is 11.6 Å². The average molecular weight is 394 g/mol. The van der Waals surface area contributed by atoms with Crippen LogP contribution < -0.4 is 11.3 Å². The minimum atomic E-state index is -0.634. The summed E-state index contributed by atoms with van der Waals surface area (Å²) in [6, 6.07) is 12.0. The summed E-state index contributed by atoms with van der Waals surface area (Å²) in [7, 11) is 0. The van der Waals surface area contributed by atoms with Gasteiger partial charge in [0.25, 0.3) is 5.56 Å². The second-order valence-corrected chi connectivity index (χ2v) is 7.17. The number of rotatable bonds is 3. The topological polar surface area (TPSA) is 73.3 Å². The molecule has 0 bridgehead atoms. The Kier molecular flexibility index (Phi) is 4.74. The lowest BCUT2D eigenvalue weighted by molar-refractivity contribution is 0.492. The molecule has 7 heteroatoms. The summed E-state index contributed by atoms with van der Waals surface area (Å²) < 4.78 is 29.3. The molecule has 2 unspecified atom stereocenters. The second kappa shape index (κ2) is 7.24. The van der Waals surface area contributed by atoms with Crippen LogP contribution in [-0.4, -0.2) is 15.4 Å². The lowest BCUT2D eigenvalue weighted by atomic mass is 9.79. The molecule has 1 aliphatic rings. The number of benzene rings is 2. The van der Waals surface area contributed by atoms with Crippen LogP contribution in [0.3, 0.4) is 0 Å². The van der Waals surface area contributed by atoms with E-state index in [9.17, 15) is 13.6 Å². The van der Waals surface area contributed by atoms with E-state index in [4.69, 9.17) is 10.7 Å². The van der Waals surface area contributed by atoms with E-state index < -0.39 is 17.6 Å². The van der Waals surface area contributed by atoms with E-state index in [0.29, 0.717) is 34.9 Å². The third-order valence-electron chi connectivity index (χ3n) is 5.31. The Labute approximate surface area is 166 Å². The molecule has 0 aliphatic carbocycles. The van der Waals surface area contributed by atoms with Crippen LogP contribution in [0.25, 0.3) is 11.3 Å². The van der Waals surface area contributed by atoms with Gasteiger partial charge in [-0.05, 0) is 37.1 Å². The Bertz CT molecular complexity index is 1170. The lowest BCUT2D eigenvalue weighted by Crippen LogP contribution is -2.34. The van der Waals surface area contributed by atoms with Gasteiger partial charge in [-0.15, -0.1) is 0 Å². The predicted molar refractivity (Wildman–Crippen MR) is 109 cm³/mol. The molecule has 1 aromatic heterocycles. The van der Waals surface area contributed by atoms with Gasteiger partial charge in [-0.2, -0.15) is 9.78 Å². The van der Waals surface area contributed by atoms with Crippen molar-refractivity contribution in [1.82, 2.24) is 9.66 Å². The molecule has 0 fully saturated rings. The van der Waals surface area contributed by atoms with Crippen LogP contribution in [0.5, 0.6) is 0 Å². The van der Waals surface area contributed by atoms with Gasteiger partial charge in [0.2, 0.25) is 0 Å². The Balaban J connectivity index is 1.88. The first-order valence-electron chi connectivity index (χ1n) is 9.39. The lowest BCUT2D eigenvalue weighted by Gasteiger charge is -2.31. The molecule has 2 aromatic carbocycles. The molecule has 148 valence electrons. The third-order valence-corrected chi connectivity index (χ3v) is 5.31. The summed E-state index contributed by atoms with van der Waals surface area (Å²) in [5.74, 6) is -1.52. The summed E-state index contributed by atoms with van der Waals surface area (Å²) >= 11 is 0. The van der Waals surface area contributed by atoms with Crippen molar-refractivity contribution in [3.05, 3.63) is 81.9 Å². The van der Waals surface area contributed by atoms with E-state index in [1.54, 1.807) is 31.2 Å². The zero-order valence-electron chi connectivity index (χ0n) is 16.1. The van der Waals surface area contributed by atoms with Crippen molar-refractivity contribution in [2.24, 2.45) is 5.10 Å². The van der Waals surface area contributed by atoms with Crippen LogP contribution in [0, 0.1) is 11.6 Å². The number of anilines is 1. The highest BCUT2D eigenvalue weighted by Crippen LogP contribution is 2.40. The zero-order chi connectivity index (χ0) is 20.7. The third kappa shape index (κ3) is 3.33. The number of halogens is 2. The van der Waals surface area contributed by atoms with Gasteiger partial charge in [-0.3, -0.25) is 4.79 Å². The molecular formula is C22H20F2N4O. The zero-order valence-corrected chi connectivity index (χ0v) is 16.1. The molecule has 2 heterocycles. The fraction of sp³-hybridized carbons (Fsp3) is 0.227. The molecule has 2 N–H and O–H groups in total. The highest BCUT2D eigenvalue weighted by atomic mass is 19.1. The average Bonchev–Trinajstić information content (AvgIpc) is 2.69. The SMILES string of the molecule is CCC1c2nc(-c3ccc(N)cc3)cc(=O)n2N=C(C)C1c1ccc(F)cc1F. The molecule has 1 aliphatic heterocycles. The van der Waals surface area contributed by atoms with E-state index in [1.165, 1.54) is 22.9 Å². The van der Waals surface area contributed by atoms with Crippen LogP contribution in [0.1, 0.15) is 43.5 Å². The quantitative estimate of drug-likeness (QED) is 0.674. The number of hydrogen-bond donors (Lipinski definition) is 1. The summed E-state index contributed by atoms with van der Waals surface area (Å²) in [4.78, 5) is 17.5. The summed E-state index contributed by atoms with van der Waals surface area (Å²) in [6.45, 7) is 3.70. The van der Waals surface area contributed by atoms with Gasteiger partial charge in [-0.1, -0.05) is 25.1 Å². The highest BCUT2D eigenvalue weighted by Gasteiger charge is 2.35. The Hall–Kier alpha value is -3.35. The standard InChI is InChI=1S/C22H20F2N4O/c1-3-16-21(17-9-6-14(23)10-18(17)24)12(2)27-28-20(29)11-19(26-22(16)28)13-4-7-15(25)8-5-13/h4-11,16,21H,3,25H2,1-2H3. The molecule has 5 nitrogen and oxygen atoms in total. The number of nitrogen functional groups attached to an aromatic ring is 1. The molecule has 0 amide bonds. The van der Waals surface area contributed by atoms with Gasteiger partial charge in [0.15, 0.2) is 0 Å². The van der Waals surface area contributed by atoms with E-state index in [1.807, 2.05) is 6.92 Å². The minimum absolute atomic E-state index is 0.283. The molecule has 0 spiro atoms. The van der Waals surface area contributed by atoms with Gasteiger partial charge in [-0.25, -0.2) is 13.8 Å². The maximum Gasteiger partial charge on any atom is 0.274 e. The smallest absolute Gasteiger partial charge is 0.274 e. The Morgan fingerprint density at radius 3 is 2.48 bits per heavy atom. The van der Waals surface area contributed by atoms with Gasteiger partial charge in [0, 0.05) is 40.9 Å². The first kappa shape index (κ1) is 19.0. The number of nitrogens with two attached hydrogens (primary N) is 1. The summed E-state index contributed by atoms with van der Waals surface area (Å²) in [5.41, 5.74) is 8.24. The number of fused-ring (bicyclic) bond motifs is 1. The first-order valence-corrected chi connectivity index (χ1v) is 9.39. The fourth-order valence-electron chi connectivity index (χ4n) is 3.91. The van der Waals surface area contributed by atoms with Crippen molar-refractivity contribution < 1.29 is 8.78 Å². The van der Waals surface area contributed by atoms with Crippen molar-refractivity contribution in [2.45, 2.75) is 32.1 Å². The molecule has 0 saturated heterocycles. The highest BCUT2D eigenvalue weighted by molar-refractivity contribution is 5.90. The van der Waals surface area contributed by atoms with Gasteiger partial charge in [0.1, 0.15) is 17.5 Å². The predicted octanol–water partition coefficient (Wildman–Crippen LogP) is 4.29. The Morgan fingerprint density at radius 1 is 1.10 bits per heavy atom. The molecule has 2 atom stereocenters. The van der Waals surface area contributed by atoms with Gasteiger partial charge < -0.3 is 5.73 Å². The van der Waals surface area contributed by atoms with Gasteiger partial charge >= 0.3 is 0 Å². The summed E-state index contributed by atoms with van der Waals surface area (Å²) in [6.07, 6.45) is 0.603. The fourth-order valence-corrected chi connectivity index (χ4v) is 3.91. The van der Waals surface area contributed by atoms with E-state index in [2.05, 4.69) is 5.10 Å². The van der Waals surface area contributed by atoms with Crippen LogP contribution >= 0.6 is 0 Å². The van der Waals surface area contributed by atoms with E-state index in [-0.39, 0.29) is 11.5 Å². The number of aromatic nitrogens is 2. The first-order chi connectivity index (χ1) is 13.9. The monoisotopic (exact) mass is 394 g/mol. The maximum atomic E-state index is 14.6. The van der Waals surface area contributed by atoms with Crippen molar-refractivity contribution in [2.75, 3.05) is 5.73 Å². The van der Waals surface area contributed by atoms with Crippen molar-refractivity contribution in [3.63, 3.8) is 0 Å². The maximum absolute atomic E-state index is 14.6. The minimum Gasteiger partial charge on any atom is -0.399 e. The molecule has 0 radical (unpaired) electrons. The van der Waals surface area contributed by atoms with E-state index >= 15 is 0 Å². The normalized spacial score (nSPS) is 18.3. The largest absolute Gasteiger partial charge is 0.399 e. The van der Waals surface area contributed by atoms with Crippen LogP contribution in [-0.2, 0) is 0 Å². The van der Waals surface area contributed by atoms with Crippen LogP contribution in [0.2, 0.25) is 0 Å². The molecule has 29 heavy (non-hydrogen) atoms. The number of hydrogen-bond acceptors (Lipinski definition) is 4. The molecular weight excluding hydrogens is 374 g/mol. The second-order valence-electron chi connectivity index (χ2n) is 7.17. The van der Waals surface area contributed by atoms with Crippen molar-refractivity contribution in [3.8, 4) is 11.3 Å². The molecule has 3 aromatic rings. The molecule has 4 rings (SSSR count). The molecule has 0 saturated carbocycles. The Morgan fingerprint density at radius 2 is 1.83 bits per heavy atom. The van der Waals surface area contributed by atoms with Crippen LogP contribution in [0.4, 0.5) is 14.5 Å².